The number of ether oxygens (including phenoxy) is 1. The maximum absolute atomic E-state index is 10.8. The van der Waals surface area contributed by atoms with Gasteiger partial charge in [-0.25, -0.2) is 13.1 Å². The Hall–Kier alpha value is -0.170. The lowest BCUT2D eigenvalue weighted by Gasteiger charge is -2.27. The van der Waals surface area contributed by atoms with Gasteiger partial charge in [0.2, 0.25) is 10.0 Å². The molecule has 0 heterocycles. The molecule has 104 valence electrons. The predicted octanol–water partition coefficient (Wildman–Crippen LogP) is 0.719. The Labute approximate surface area is 105 Å². The van der Waals surface area contributed by atoms with Crippen molar-refractivity contribution < 1.29 is 13.2 Å². The van der Waals surface area contributed by atoms with E-state index in [2.05, 4.69) is 30.8 Å². The predicted molar refractivity (Wildman–Crippen MR) is 70.6 cm³/mol. The van der Waals surface area contributed by atoms with Crippen LogP contribution < -0.4 is 10.0 Å². The molecule has 6 heteroatoms. The molecule has 0 bridgehead atoms. The molecule has 0 rings (SSSR count). The molecule has 0 fully saturated rings. The Balaban J connectivity index is 3.62. The number of hydrogen-bond acceptors (Lipinski definition) is 4. The zero-order chi connectivity index (χ0) is 13.5. The minimum Gasteiger partial charge on any atom is -0.379 e. The van der Waals surface area contributed by atoms with Crippen LogP contribution in [0.2, 0.25) is 0 Å². The second-order valence-electron chi connectivity index (χ2n) is 5.04. The van der Waals surface area contributed by atoms with E-state index < -0.39 is 10.0 Å². The van der Waals surface area contributed by atoms with Crippen LogP contribution >= 0.6 is 0 Å². The van der Waals surface area contributed by atoms with Crippen molar-refractivity contribution in [1.29, 1.82) is 0 Å². The third kappa shape index (κ3) is 10.7. The molecule has 0 aliphatic carbocycles. The van der Waals surface area contributed by atoms with E-state index in [1.807, 2.05) is 0 Å². The highest BCUT2D eigenvalue weighted by atomic mass is 32.2. The summed E-state index contributed by atoms with van der Waals surface area (Å²) in [4.78, 5) is 0. The van der Waals surface area contributed by atoms with Crippen LogP contribution in [0.3, 0.4) is 0 Å². The van der Waals surface area contributed by atoms with Crippen LogP contribution in [0, 0.1) is 0 Å². The van der Waals surface area contributed by atoms with Gasteiger partial charge in [-0.1, -0.05) is 0 Å². The van der Waals surface area contributed by atoms with Crippen LogP contribution in [0.5, 0.6) is 0 Å². The molecule has 17 heavy (non-hydrogen) atoms. The number of hydrogen-bond donors (Lipinski definition) is 2. The highest BCUT2D eigenvalue weighted by Crippen LogP contribution is 2.15. The first-order chi connectivity index (χ1) is 7.66. The van der Waals surface area contributed by atoms with E-state index in [1.165, 1.54) is 6.26 Å². The van der Waals surface area contributed by atoms with E-state index in [-0.39, 0.29) is 5.60 Å². The molecule has 0 aromatic carbocycles. The van der Waals surface area contributed by atoms with Crippen molar-refractivity contribution in [2.75, 3.05) is 26.5 Å². The summed E-state index contributed by atoms with van der Waals surface area (Å²) >= 11 is 0. The molecule has 0 spiro atoms. The Bertz CT molecular complexity index is 302. The van der Waals surface area contributed by atoms with Crippen molar-refractivity contribution in [2.24, 2.45) is 0 Å². The van der Waals surface area contributed by atoms with Gasteiger partial charge >= 0.3 is 0 Å². The Morgan fingerprint density at radius 3 is 2.35 bits per heavy atom. The molecular formula is C11H26N2O3S. The van der Waals surface area contributed by atoms with Crippen molar-refractivity contribution in [1.82, 2.24) is 10.0 Å². The maximum atomic E-state index is 10.8. The van der Waals surface area contributed by atoms with Gasteiger partial charge < -0.3 is 10.1 Å². The molecule has 0 aromatic heterocycles. The molecule has 0 saturated heterocycles. The molecule has 0 amide bonds. The van der Waals surface area contributed by atoms with Crippen LogP contribution in [0.4, 0.5) is 0 Å². The van der Waals surface area contributed by atoms with Crippen molar-refractivity contribution >= 4 is 10.0 Å². The second kappa shape index (κ2) is 7.31. The van der Waals surface area contributed by atoms with Gasteiger partial charge in [-0.2, -0.15) is 0 Å². The summed E-state index contributed by atoms with van der Waals surface area (Å²) in [5.41, 5.74) is -0.128. The molecule has 0 radical (unpaired) electrons. The molecule has 0 saturated carbocycles. The minimum atomic E-state index is -3.06. The minimum absolute atomic E-state index is 0.128. The van der Waals surface area contributed by atoms with Gasteiger partial charge in [-0.15, -0.1) is 0 Å². The van der Waals surface area contributed by atoms with Crippen molar-refractivity contribution in [3.63, 3.8) is 0 Å². The topological polar surface area (TPSA) is 67.4 Å². The lowest BCUT2D eigenvalue weighted by Crippen LogP contribution is -2.37. The highest BCUT2D eigenvalue weighted by Gasteiger charge is 2.19. The average Bonchev–Trinajstić information content (AvgIpc) is 2.14. The molecule has 1 unspecified atom stereocenters. The van der Waals surface area contributed by atoms with E-state index in [0.717, 1.165) is 19.4 Å². The monoisotopic (exact) mass is 266 g/mol. The van der Waals surface area contributed by atoms with Crippen LogP contribution in [-0.4, -0.2) is 46.5 Å². The Kier molecular flexibility index (Phi) is 7.23. The summed E-state index contributed by atoms with van der Waals surface area (Å²) in [7, 11) is -1.34. The first-order valence-electron chi connectivity index (χ1n) is 5.89. The van der Waals surface area contributed by atoms with E-state index in [1.54, 1.807) is 7.11 Å². The van der Waals surface area contributed by atoms with Crippen LogP contribution in [0.25, 0.3) is 0 Å². The molecule has 2 N–H and O–H groups in total. The summed E-state index contributed by atoms with van der Waals surface area (Å²) in [6.45, 7) is 7.48. The normalized spacial score (nSPS) is 14.9. The molecule has 0 aliphatic rings. The van der Waals surface area contributed by atoms with E-state index in [4.69, 9.17) is 4.74 Å². The third-order valence-corrected chi connectivity index (χ3v) is 3.29. The second-order valence-corrected chi connectivity index (χ2v) is 6.88. The number of nitrogens with one attached hydrogen (secondary N) is 2. The van der Waals surface area contributed by atoms with Gasteiger partial charge in [0, 0.05) is 19.7 Å². The Morgan fingerprint density at radius 1 is 1.29 bits per heavy atom. The van der Waals surface area contributed by atoms with Crippen molar-refractivity contribution in [3.8, 4) is 0 Å². The van der Waals surface area contributed by atoms with Gasteiger partial charge in [-0.3, -0.25) is 0 Å². The number of methoxy groups -OCH3 is 1. The highest BCUT2D eigenvalue weighted by molar-refractivity contribution is 7.88. The zero-order valence-electron chi connectivity index (χ0n) is 11.5. The largest absolute Gasteiger partial charge is 0.379 e. The standard InChI is InChI=1S/C11H26N2O3S/c1-10(9-11(2,3)16-4)12-7-6-8-13-17(5,14)15/h10,12-13H,6-9H2,1-5H3. The van der Waals surface area contributed by atoms with Gasteiger partial charge in [0.05, 0.1) is 11.9 Å². The Morgan fingerprint density at radius 2 is 1.88 bits per heavy atom. The first kappa shape index (κ1) is 16.8. The fourth-order valence-corrected chi connectivity index (χ4v) is 2.10. The quantitative estimate of drug-likeness (QED) is 0.603. The fraction of sp³-hybridized carbons (Fsp3) is 1.00. The fourth-order valence-electron chi connectivity index (χ4n) is 1.59. The average molecular weight is 266 g/mol. The molecule has 1 atom stereocenters. The van der Waals surface area contributed by atoms with Crippen LogP contribution in [0.1, 0.15) is 33.6 Å². The van der Waals surface area contributed by atoms with Crippen LogP contribution in [0.15, 0.2) is 0 Å². The molecule has 5 nitrogen and oxygen atoms in total. The lowest BCUT2D eigenvalue weighted by molar-refractivity contribution is 0.00862. The third-order valence-electron chi connectivity index (χ3n) is 2.56. The zero-order valence-corrected chi connectivity index (χ0v) is 12.4. The molecular weight excluding hydrogens is 240 g/mol. The summed E-state index contributed by atoms with van der Waals surface area (Å²) in [5.74, 6) is 0. The van der Waals surface area contributed by atoms with E-state index in [9.17, 15) is 8.42 Å². The summed E-state index contributed by atoms with van der Waals surface area (Å²) in [6, 6.07) is 0.350. The number of rotatable bonds is 9. The lowest BCUT2D eigenvalue weighted by atomic mass is 10.00. The molecule has 0 aliphatic heterocycles. The molecule has 0 aromatic rings. The smallest absolute Gasteiger partial charge is 0.208 e. The summed E-state index contributed by atoms with van der Waals surface area (Å²) < 4.78 is 29.4. The summed E-state index contributed by atoms with van der Waals surface area (Å²) in [6.07, 6.45) is 2.87. The maximum Gasteiger partial charge on any atom is 0.208 e. The van der Waals surface area contributed by atoms with Crippen molar-refractivity contribution in [2.45, 2.75) is 45.3 Å². The van der Waals surface area contributed by atoms with Gasteiger partial charge in [-0.05, 0) is 40.2 Å². The van der Waals surface area contributed by atoms with Crippen molar-refractivity contribution in [3.05, 3.63) is 0 Å². The van der Waals surface area contributed by atoms with Gasteiger partial charge in [0.25, 0.3) is 0 Å². The van der Waals surface area contributed by atoms with E-state index in [0.29, 0.717) is 12.6 Å². The van der Waals surface area contributed by atoms with Gasteiger partial charge in [0.15, 0.2) is 0 Å². The van der Waals surface area contributed by atoms with Gasteiger partial charge in [0.1, 0.15) is 0 Å². The first-order valence-corrected chi connectivity index (χ1v) is 7.78. The van der Waals surface area contributed by atoms with E-state index >= 15 is 0 Å². The summed E-state index contributed by atoms with van der Waals surface area (Å²) in [5, 5.41) is 3.34. The van der Waals surface area contributed by atoms with Crippen LogP contribution in [-0.2, 0) is 14.8 Å². The number of sulfonamides is 1. The SMILES string of the molecule is COC(C)(C)CC(C)NCCCNS(C)(=O)=O.